The Morgan fingerprint density at radius 3 is 2.58 bits per heavy atom. The fourth-order valence-corrected chi connectivity index (χ4v) is 2.50. The van der Waals surface area contributed by atoms with Crippen LogP contribution >= 0.6 is 23.2 Å². The van der Waals surface area contributed by atoms with E-state index in [1.165, 1.54) is 13.1 Å². The Kier molecular flexibility index (Phi) is 5.28. The van der Waals surface area contributed by atoms with Crippen molar-refractivity contribution in [3.63, 3.8) is 0 Å². The third-order valence-electron chi connectivity index (χ3n) is 3.38. The largest absolute Gasteiger partial charge is 0.479 e. The van der Waals surface area contributed by atoms with Crippen molar-refractivity contribution in [2.75, 3.05) is 12.1 Å². The van der Waals surface area contributed by atoms with Gasteiger partial charge in [0.15, 0.2) is 6.04 Å². The van der Waals surface area contributed by atoms with E-state index in [1.807, 2.05) is 0 Å². The summed E-state index contributed by atoms with van der Waals surface area (Å²) in [5.41, 5.74) is 2.18. The number of carbonyl (C=O) groups is 2. The third-order valence-corrected chi connectivity index (χ3v) is 3.97. The molecular formula is C13H12Cl2F3N3O3. The fourth-order valence-electron chi connectivity index (χ4n) is 2.19. The second kappa shape index (κ2) is 6.75. The summed E-state index contributed by atoms with van der Waals surface area (Å²) in [4.78, 5) is 23.0. The highest BCUT2D eigenvalue weighted by Crippen LogP contribution is 2.30. The number of halogens is 5. The summed E-state index contributed by atoms with van der Waals surface area (Å²) in [6.07, 6.45) is -3.36. The molecule has 11 heteroatoms. The van der Waals surface area contributed by atoms with Crippen LogP contribution in [-0.2, 0) is 16.0 Å². The van der Waals surface area contributed by atoms with Crippen LogP contribution in [0.2, 0.25) is 0 Å². The number of nitrogens with one attached hydrogen (secondary N) is 1. The van der Waals surface area contributed by atoms with Crippen molar-refractivity contribution in [2.45, 2.75) is 23.2 Å². The van der Waals surface area contributed by atoms with Gasteiger partial charge in [-0.15, -0.1) is 0 Å². The Hall–Kier alpha value is -1.55. The molecule has 0 bridgehead atoms. The molecule has 0 saturated carbocycles. The number of carbonyl (C=O) groups excluding carboxylic acids is 1. The smallest absolute Gasteiger partial charge is 0.340 e. The van der Waals surface area contributed by atoms with Gasteiger partial charge in [0.1, 0.15) is 5.82 Å². The molecule has 0 aliphatic carbocycles. The van der Waals surface area contributed by atoms with Crippen LogP contribution in [0.4, 0.5) is 18.9 Å². The van der Waals surface area contributed by atoms with Gasteiger partial charge in [-0.2, -0.15) is 5.53 Å². The highest BCUT2D eigenvalue weighted by Gasteiger charge is 2.44. The van der Waals surface area contributed by atoms with Gasteiger partial charge in [-0.05, 0) is 17.7 Å². The molecule has 1 aliphatic heterocycles. The second-order valence-electron chi connectivity index (χ2n) is 5.14. The van der Waals surface area contributed by atoms with Crippen molar-refractivity contribution in [3.8, 4) is 0 Å². The molecule has 1 aromatic rings. The van der Waals surface area contributed by atoms with Crippen molar-refractivity contribution in [3.05, 3.63) is 29.6 Å². The fraction of sp³-hybridized carbons (Fsp3) is 0.385. The summed E-state index contributed by atoms with van der Waals surface area (Å²) >= 11 is 11.3. The van der Waals surface area contributed by atoms with E-state index in [4.69, 9.17) is 28.3 Å². The van der Waals surface area contributed by atoms with Gasteiger partial charge in [0.2, 0.25) is 4.33 Å². The van der Waals surface area contributed by atoms with Crippen molar-refractivity contribution in [1.82, 2.24) is 10.5 Å². The molecule has 1 heterocycles. The van der Waals surface area contributed by atoms with Gasteiger partial charge >= 0.3 is 5.97 Å². The zero-order valence-electron chi connectivity index (χ0n) is 12.1. The first-order valence-electron chi connectivity index (χ1n) is 6.55. The monoisotopic (exact) mass is 385 g/mol. The SMILES string of the molecule is CN1NN(c2cc(CC(Cl)(Cl)C(=O)O)ccc2F)C(=O)C1C(F)F. The molecule has 1 aromatic carbocycles. The number of likely N-dealkylation sites (N-methyl/N-ethyl adjacent to an activating group) is 1. The number of hydrogen-bond acceptors (Lipinski definition) is 4. The molecule has 1 fully saturated rings. The molecule has 0 radical (unpaired) electrons. The molecule has 1 aliphatic rings. The lowest BCUT2D eigenvalue weighted by molar-refractivity contribution is -0.137. The van der Waals surface area contributed by atoms with E-state index in [0.29, 0.717) is 5.01 Å². The molecule has 1 amide bonds. The molecule has 1 saturated heterocycles. The highest BCUT2D eigenvalue weighted by atomic mass is 35.5. The zero-order chi connectivity index (χ0) is 18.2. The van der Waals surface area contributed by atoms with Gasteiger partial charge in [0, 0.05) is 13.5 Å². The molecule has 24 heavy (non-hydrogen) atoms. The molecule has 0 spiro atoms. The molecular weight excluding hydrogens is 374 g/mol. The number of anilines is 1. The van der Waals surface area contributed by atoms with Crippen molar-refractivity contribution in [2.24, 2.45) is 0 Å². The predicted octanol–water partition coefficient (Wildman–Crippen LogP) is 1.96. The summed E-state index contributed by atoms with van der Waals surface area (Å²) in [6, 6.07) is 1.54. The molecule has 1 atom stereocenters. The van der Waals surface area contributed by atoms with Gasteiger partial charge in [-0.1, -0.05) is 29.3 Å². The lowest BCUT2D eigenvalue weighted by Gasteiger charge is -2.19. The minimum Gasteiger partial charge on any atom is -0.479 e. The van der Waals surface area contributed by atoms with E-state index in [0.717, 1.165) is 17.1 Å². The number of carboxylic acid groups (broad SMARTS) is 1. The quantitative estimate of drug-likeness (QED) is 0.758. The number of carboxylic acids is 1. The highest BCUT2D eigenvalue weighted by molar-refractivity contribution is 6.57. The summed E-state index contributed by atoms with van der Waals surface area (Å²) in [5, 5.41) is 10.4. The normalized spacial score (nSPS) is 19.4. The molecule has 0 aromatic heterocycles. The van der Waals surface area contributed by atoms with E-state index < -0.39 is 34.5 Å². The number of nitrogens with zero attached hydrogens (tertiary/aromatic N) is 2. The van der Waals surface area contributed by atoms with E-state index >= 15 is 0 Å². The maximum atomic E-state index is 14.0. The topological polar surface area (TPSA) is 72.9 Å². The lowest BCUT2D eigenvalue weighted by atomic mass is 10.1. The lowest BCUT2D eigenvalue weighted by Crippen LogP contribution is -2.40. The average molecular weight is 386 g/mol. The van der Waals surface area contributed by atoms with Crippen LogP contribution < -0.4 is 10.5 Å². The van der Waals surface area contributed by atoms with Crippen LogP contribution in [-0.4, -0.2) is 45.8 Å². The van der Waals surface area contributed by atoms with Gasteiger partial charge < -0.3 is 5.11 Å². The number of alkyl halides is 4. The van der Waals surface area contributed by atoms with Crippen LogP contribution in [0.3, 0.4) is 0 Å². The van der Waals surface area contributed by atoms with Crippen molar-refractivity contribution in [1.29, 1.82) is 0 Å². The van der Waals surface area contributed by atoms with Crippen molar-refractivity contribution < 1.29 is 27.9 Å². The van der Waals surface area contributed by atoms with Gasteiger partial charge in [0.05, 0.1) is 5.69 Å². The third kappa shape index (κ3) is 3.59. The van der Waals surface area contributed by atoms with Crippen molar-refractivity contribution >= 4 is 40.8 Å². The summed E-state index contributed by atoms with van der Waals surface area (Å²) in [7, 11) is 1.21. The molecule has 132 valence electrons. The first kappa shape index (κ1) is 18.8. The Morgan fingerprint density at radius 2 is 2.08 bits per heavy atom. The molecule has 6 nitrogen and oxygen atoms in total. The first-order valence-corrected chi connectivity index (χ1v) is 7.31. The number of hydrogen-bond donors (Lipinski definition) is 2. The number of hydrazine groups is 2. The van der Waals surface area contributed by atoms with E-state index in [9.17, 15) is 22.8 Å². The maximum Gasteiger partial charge on any atom is 0.340 e. The summed E-state index contributed by atoms with van der Waals surface area (Å²) < 4.78 is 37.7. The van der Waals surface area contributed by atoms with Crippen LogP contribution in [0.1, 0.15) is 5.56 Å². The Balaban J connectivity index is 2.33. The number of rotatable bonds is 5. The number of amides is 1. The summed E-state index contributed by atoms with van der Waals surface area (Å²) in [6.45, 7) is 0. The first-order chi connectivity index (χ1) is 11.0. The Labute approximate surface area is 144 Å². The second-order valence-corrected chi connectivity index (χ2v) is 6.62. The Morgan fingerprint density at radius 1 is 1.46 bits per heavy atom. The van der Waals surface area contributed by atoms with Crippen LogP contribution in [0, 0.1) is 5.82 Å². The van der Waals surface area contributed by atoms with Crippen LogP contribution in [0.15, 0.2) is 18.2 Å². The van der Waals surface area contributed by atoms with Crippen LogP contribution in [0.5, 0.6) is 0 Å². The Bertz CT molecular complexity index is 675. The predicted molar refractivity (Wildman–Crippen MR) is 80.4 cm³/mol. The minimum atomic E-state index is -2.98. The number of aliphatic carboxylic acids is 1. The zero-order valence-corrected chi connectivity index (χ0v) is 13.7. The molecule has 2 rings (SSSR count). The standard InChI is InChI=1S/C13H12Cl2F3N3O3/c1-20-9(10(17)18)11(22)21(19-20)8-4-6(2-3-7(8)16)5-13(14,15)12(23)24/h2-4,9-10,19H,5H2,1H3,(H,23,24). The van der Waals surface area contributed by atoms with E-state index in [2.05, 4.69) is 5.53 Å². The molecule has 1 unspecified atom stereocenters. The van der Waals surface area contributed by atoms with E-state index in [-0.39, 0.29) is 17.7 Å². The van der Waals surface area contributed by atoms with Gasteiger partial charge in [-0.3, -0.25) is 4.79 Å². The number of benzene rings is 1. The minimum absolute atomic E-state index is 0.205. The average Bonchev–Trinajstić information content (AvgIpc) is 2.75. The summed E-state index contributed by atoms with van der Waals surface area (Å²) in [5.74, 6) is -3.41. The van der Waals surface area contributed by atoms with Gasteiger partial charge in [0.25, 0.3) is 12.3 Å². The van der Waals surface area contributed by atoms with E-state index in [1.54, 1.807) is 0 Å². The van der Waals surface area contributed by atoms with Crippen LogP contribution in [0.25, 0.3) is 0 Å². The van der Waals surface area contributed by atoms with Gasteiger partial charge in [-0.25, -0.2) is 28.0 Å². The maximum absolute atomic E-state index is 14.0. The molecule has 2 N–H and O–H groups in total.